The van der Waals surface area contributed by atoms with Gasteiger partial charge in [0.15, 0.2) is 0 Å². The normalized spacial score (nSPS) is 11.2. The molecule has 0 aliphatic heterocycles. The van der Waals surface area contributed by atoms with Crippen LogP contribution in [0.2, 0.25) is 0 Å². The van der Waals surface area contributed by atoms with Crippen LogP contribution in [-0.4, -0.2) is 23.6 Å². The summed E-state index contributed by atoms with van der Waals surface area (Å²) >= 11 is 0. The van der Waals surface area contributed by atoms with E-state index in [1.54, 1.807) is 12.1 Å². The monoisotopic (exact) mass is 279 g/mol. The zero-order valence-electron chi connectivity index (χ0n) is 10.2. The van der Waals surface area contributed by atoms with Gasteiger partial charge >= 0.3 is 0 Å². The molecule has 3 N–H and O–H groups in total. The number of nitrogen functional groups attached to an aromatic ring is 1. The van der Waals surface area contributed by atoms with Crippen LogP contribution >= 0.6 is 0 Å². The Balaban J connectivity index is 2.42. The third-order valence-electron chi connectivity index (χ3n) is 2.47. The average molecular weight is 279 g/mol. The second kappa shape index (κ2) is 5.19. The summed E-state index contributed by atoms with van der Waals surface area (Å²) in [5.74, 6) is -0.0769. The molecule has 2 rings (SSSR count). The first-order chi connectivity index (χ1) is 9.03. The smallest absolute Gasteiger partial charge is 0.264 e. The first-order valence-corrected chi connectivity index (χ1v) is 7.06. The Hall–Kier alpha value is -2.22. The largest absolute Gasteiger partial charge is 0.399 e. The van der Waals surface area contributed by atoms with Crippen LogP contribution < -0.4 is 10.5 Å². The molecule has 7 nitrogen and oxygen atoms in total. The molecule has 0 unspecified atom stereocenters. The number of hydrogen-bond donors (Lipinski definition) is 2. The third kappa shape index (κ3) is 2.97. The average Bonchev–Trinajstić information content (AvgIpc) is 2.39. The van der Waals surface area contributed by atoms with Crippen molar-refractivity contribution in [2.75, 3.05) is 10.5 Å². The molecule has 0 aliphatic carbocycles. The van der Waals surface area contributed by atoms with Crippen LogP contribution in [-0.2, 0) is 16.4 Å². The van der Waals surface area contributed by atoms with E-state index < -0.39 is 10.0 Å². The van der Waals surface area contributed by atoms with Crippen molar-refractivity contribution in [1.82, 2.24) is 15.2 Å². The topological polar surface area (TPSA) is 111 Å². The highest BCUT2D eigenvalue weighted by Crippen LogP contribution is 2.21. The van der Waals surface area contributed by atoms with Crippen molar-refractivity contribution < 1.29 is 8.42 Å². The van der Waals surface area contributed by atoms with Gasteiger partial charge < -0.3 is 5.73 Å². The van der Waals surface area contributed by atoms with Crippen molar-refractivity contribution in [2.24, 2.45) is 0 Å². The molecule has 0 saturated heterocycles. The van der Waals surface area contributed by atoms with Gasteiger partial charge in [0.2, 0.25) is 0 Å². The Bertz CT molecular complexity index is 673. The molecule has 1 heterocycles. The number of aromatic nitrogens is 3. The van der Waals surface area contributed by atoms with Gasteiger partial charge in [0.25, 0.3) is 16.0 Å². The highest BCUT2D eigenvalue weighted by Gasteiger charge is 2.19. The molecule has 0 spiro atoms. The van der Waals surface area contributed by atoms with Gasteiger partial charge in [-0.2, -0.15) is 5.10 Å². The minimum Gasteiger partial charge on any atom is -0.399 e. The van der Waals surface area contributed by atoms with Crippen LogP contribution in [0.5, 0.6) is 0 Å². The second-order valence-corrected chi connectivity index (χ2v) is 5.44. The molecule has 0 amide bonds. The Kier molecular flexibility index (Phi) is 3.61. The van der Waals surface area contributed by atoms with Crippen molar-refractivity contribution in [2.45, 2.75) is 18.2 Å². The van der Waals surface area contributed by atoms with Gasteiger partial charge in [-0.25, -0.2) is 18.1 Å². The van der Waals surface area contributed by atoms with Crippen LogP contribution in [0.25, 0.3) is 0 Å². The first-order valence-electron chi connectivity index (χ1n) is 5.58. The van der Waals surface area contributed by atoms with E-state index in [1.165, 1.54) is 18.5 Å². The van der Waals surface area contributed by atoms with Crippen LogP contribution in [0.15, 0.2) is 35.5 Å². The molecule has 1 aromatic heterocycles. The number of benzene rings is 1. The second-order valence-electron chi connectivity index (χ2n) is 3.79. The predicted octanol–water partition coefficient (Wildman–Crippen LogP) is 0.817. The lowest BCUT2D eigenvalue weighted by atomic mass is 10.1. The summed E-state index contributed by atoms with van der Waals surface area (Å²) in [6.45, 7) is 1.87. The molecule has 1 aromatic carbocycles. The van der Waals surface area contributed by atoms with E-state index in [0.717, 1.165) is 0 Å². The Morgan fingerprint density at radius 1 is 1.32 bits per heavy atom. The van der Waals surface area contributed by atoms with Gasteiger partial charge in [0.05, 0.1) is 17.3 Å². The van der Waals surface area contributed by atoms with Crippen LogP contribution in [0, 0.1) is 0 Å². The number of nitrogens with two attached hydrogens (primary N) is 1. The molecular weight excluding hydrogens is 266 g/mol. The van der Waals surface area contributed by atoms with Crippen LogP contribution in [0.3, 0.4) is 0 Å². The highest BCUT2D eigenvalue weighted by molar-refractivity contribution is 7.92. The van der Waals surface area contributed by atoms with Gasteiger partial charge in [0.1, 0.15) is 0 Å². The maximum absolute atomic E-state index is 12.3. The minimum atomic E-state index is -3.77. The van der Waals surface area contributed by atoms with Crippen molar-refractivity contribution in [3.63, 3.8) is 0 Å². The van der Waals surface area contributed by atoms with E-state index in [-0.39, 0.29) is 10.8 Å². The lowest BCUT2D eigenvalue weighted by Crippen LogP contribution is -2.17. The quantitative estimate of drug-likeness (QED) is 0.801. The molecule has 2 aromatic rings. The number of aryl methyl sites for hydroxylation is 1. The maximum Gasteiger partial charge on any atom is 0.264 e. The van der Waals surface area contributed by atoms with E-state index >= 15 is 0 Å². The first kappa shape index (κ1) is 13.2. The molecule has 0 fully saturated rings. The number of anilines is 2. The van der Waals surface area contributed by atoms with E-state index in [2.05, 4.69) is 19.9 Å². The number of nitrogens with zero attached hydrogens (tertiary/aromatic N) is 3. The molecule has 8 heteroatoms. The zero-order valence-corrected chi connectivity index (χ0v) is 11.1. The Morgan fingerprint density at radius 3 is 2.74 bits per heavy atom. The number of rotatable bonds is 4. The fourth-order valence-electron chi connectivity index (χ4n) is 1.58. The molecule has 0 aliphatic rings. The molecule has 100 valence electrons. The lowest BCUT2D eigenvalue weighted by Gasteiger charge is -2.10. The Morgan fingerprint density at radius 2 is 2.11 bits per heavy atom. The molecule has 0 radical (unpaired) electrons. The highest BCUT2D eigenvalue weighted by atomic mass is 32.2. The molecule has 0 saturated carbocycles. The van der Waals surface area contributed by atoms with Gasteiger partial charge in [-0.15, -0.1) is 5.10 Å². The molecule has 0 atom stereocenters. The fraction of sp³-hybridized carbons (Fsp3) is 0.182. The van der Waals surface area contributed by atoms with Crippen molar-refractivity contribution in [1.29, 1.82) is 0 Å². The van der Waals surface area contributed by atoms with Crippen molar-refractivity contribution in [3.8, 4) is 0 Å². The van der Waals surface area contributed by atoms with Crippen molar-refractivity contribution >= 4 is 21.7 Å². The minimum absolute atomic E-state index is 0.0769. The van der Waals surface area contributed by atoms with Gasteiger partial charge in [0, 0.05) is 5.69 Å². The van der Waals surface area contributed by atoms with Crippen molar-refractivity contribution in [3.05, 3.63) is 36.2 Å². The van der Waals surface area contributed by atoms with E-state index in [4.69, 9.17) is 5.73 Å². The van der Waals surface area contributed by atoms with Gasteiger partial charge in [-0.05, 0) is 24.1 Å². The lowest BCUT2D eigenvalue weighted by molar-refractivity contribution is 0.599. The molecule has 0 bridgehead atoms. The summed E-state index contributed by atoms with van der Waals surface area (Å²) in [6.07, 6.45) is 3.28. The van der Waals surface area contributed by atoms with Gasteiger partial charge in [-0.1, -0.05) is 13.0 Å². The summed E-state index contributed by atoms with van der Waals surface area (Å²) in [5, 5.41) is 7.14. The standard InChI is InChI=1S/C11H13N5O2S/c1-2-8-3-4-9(12)7-10(8)19(17,18)16-11-13-5-6-14-15-11/h3-7H,2,12H2,1H3,(H,13,15,16). The predicted molar refractivity (Wildman–Crippen MR) is 70.9 cm³/mol. The fourth-order valence-corrected chi connectivity index (χ4v) is 2.88. The van der Waals surface area contributed by atoms with E-state index in [0.29, 0.717) is 17.7 Å². The van der Waals surface area contributed by atoms with Crippen LogP contribution in [0.1, 0.15) is 12.5 Å². The van der Waals surface area contributed by atoms with Gasteiger partial charge in [-0.3, -0.25) is 0 Å². The zero-order chi connectivity index (χ0) is 13.9. The number of hydrogen-bond acceptors (Lipinski definition) is 6. The number of sulfonamides is 1. The Labute approximate surface area is 110 Å². The van der Waals surface area contributed by atoms with E-state index in [1.807, 2.05) is 6.92 Å². The maximum atomic E-state index is 12.3. The van der Waals surface area contributed by atoms with Crippen LogP contribution in [0.4, 0.5) is 11.6 Å². The third-order valence-corrected chi connectivity index (χ3v) is 3.88. The summed E-state index contributed by atoms with van der Waals surface area (Å²) in [5.41, 5.74) is 6.69. The summed E-state index contributed by atoms with van der Waals surface area (Å²) in [7, 11) is -3.77. The number of nitrogens with one attached hydrogen (secondary N) is 1. The molecular formula is C11H13N5O2S. The summed E-state index contributed by atoms with van der Waals surface area (Å²) in [4.78, 5) is 3.90. The molecule has 19 heavy (non-hydrogen) atoms. The SMILES string of the molecule is CCc1ccc(N)cc1S(=O)(=O)Nc1nccnn1. The van der Waals surface area contributed by atoms with E-state index in [9.17, 15) is 8.42 Å². The summed E-state index contributed by atoms with van der Waals surface area (Å²) < 4.78 is 26.8. The summed E-state index contributed by atoms with van der Waals surface area (Å²) in [6, 6.07) is 4.77.